The molecule has 1 saturated heterocycles. The highest BCUT2D eigenvalue weighted by Gasteiger charge is 2.10. The van der Waals surface area contributed by atoms with Gasteiger partial charge in [-0.05, 0) is 12.6 Å². The second kappa shape index (κ2) is 8.15. The van der Waals surface area contributed by atoms with Crippen LogP contribution in [0.15, 0.2) is 24.3 Å². The number of hydrogen-bond acceptors (Lipinski definition) is 4. The molecule has 1 aromatic carbocycles. The van der Waals surface area contributed by atoms with Crippen molar-refractivity contribution in [2.24, 2.45) is 0 Å². The van der Waals surface area contributed by atoms with Gasteiger partial charge in [0.25, 0.3) is 0 Å². The second-order valence-corrected chi connectivity index (χ2v) is 4.69. The second-order valence-electron chi connectivity index (χ2n) is 4.69. The number of nitrogens with one attached hydrogen (secondary N) is 1. The van der Waals surface area contributed by atoms with E-state index in [1.165, 1.54) is 5.56 Å². The van der Waals surface area contributed by atoms with Crippen molar-refractivity contribution >= 4 is 0 Å². The summed E-state index contributed by atoms with van der Waals surface area (Å²) in [4.78, 5) is 2.39. The molecule has 1 heterocycles. The van der Waals surface area contributed by atoms with Gasteiger partial charge in [-0.1, -0.05) is 25.1 Å². The van der Waals surface area contributed by atoms with Gasteiger partial charge in [0.05, 0.1) is 13.2 Å². The number of nitrogens with zero attached hydrogens (tertiary/aromatic N) is 1. The van der Waals surface area contributed by atoms with Crippen LogP contribution in [0.2, 0.25) is 0 Å². The third kappa shape index (κ3) is 4.82. The fourth-order valence-electron chi connectivity index (χ4n) is 2.16. The molecule has 1 aliphatic heterocycles. The van der Waals surface area contributed by atoms with Crippen LogP contribution in [-0.2, 0) is 11.3 Å². The molecule has 1 aliphatic rings. The minimum absolute atomic E-state index is 0.739. The topological polar surface area (TPSA) is 33.7 Å². The van der Waals surface area contributed by atoms with E-state index in [0.29, 0.717) is 0 Å². The zero-order valence-electron chi connectivity index (χ0n) is 11.7. The third-order valence-corrected chi connectivity index (χ3v) is 3.31. The Kier molecular flexibility index (Phi) is 6.14. The van der Waals surface area contributed by atoms with Crippen molar-refractivity contribution in [3.63, 3.8) is 0 Å². The van der Waals surface area contributed by atoms with E-state index < -0.39 is 0 Å². The molecule has 0 unspecified atom stereocenters. The van der Waals surface area contributed by atoms with E-state index in [4.69, 9.17) is 9.47 Å². The van der Waals surface area contributed by atoms with Gasteiger partial charge >= 0.3 is 0 Å². The monoisotopic (exact) mass is 264 g/mol. The van der Waals surface area contributed by atoms with Gasteiger partial charge in [-0.3, -0.25) is 4.90 Å². The smallest absolute Gasteiger partial charge is 0.123 e. The summed E-state index contributed by atoms with van der Waals surface area (Å²) < 4.78 is 11.3. The van der Waals surface area contributed by atoms with Gasteiger partial charge in [-0.25, -0.2) is 0 Å². The van der Waals surface area contributed by atoms with Crippen molar-refractivity contribution in [3.05, 3.63) is 29.8 Å². The molecule has 0 aliphatic carbocycles. The Morgan fingerprint density at radius 1 is 1.26 bits per heavy atom. The molecule has 4 heteroatoms. The zero-order chi connectivity index (χ0) is 13.3. The minimum atomic E-state index is 0.739. The molecule has 1 aromatic rings. The SMILES string of the molecule is CCNCc1ccccc1OCCN1CCOCC1. The fourth-order valence-corrected chi connectivity index (χ4v) is 2.16. The molecule has 2 rings (SSSR count). The predicted molar refractivity (Wildman–Crippen MR) is 76.6 cm³/mol. The Labute approximate surface area is 115 Å². The van der Waals surface area contributed by atoms with Crippen LogP contribution in [0.4, 0.5) is 0 Å². The zero-order valence-corrected chi connectivity index (χ0v) is 11.7. The first-order valence-electron chi connectivity index (χ1n) is 7.11. The van der Waals surface area contributed by atoms with Crippen LogP contribution in [0.3, 0.4) is 0 Å². The number of hydrogen-bond donors (Lipinski definition) is 1. The molecule has 1 N–H and O–H groups in total. The number of morpholine rings is 1. The molecule has 4 nitrogen and oxygen atoms in total. The molecule has 19 heavy (non-hydrogen) atoms. The maximum absolute atomic E-state index is 5.91. The van der Waals surface area contributed by atoms with Gasteiger partial charge in [0.1, 0.15) is 12.4 Å². The Bertz CT molecular complexity index is 365. The van der Waals surface area contributed by atoms with E-state index in [1.807, 2.05) is 12.1 Å². The Hall–Kier alpha value is -1.10. The molecule has 106 valence electrons. The first-order chi connectivity index (χ1) is 9.40. The first kappa shape index (κ1) is 14.3. The molecular formula is C15H24N2O2. The number of benzene rings is 1. The molecule has 0 amide bonds. The molecule has 0 atom stereocenters. The van der Waals surface area contributed by atoms with Crippen LogP contribution in [0.1, 0.15) is 12.5 Å². The molecule has 0 saturated carbocycles. The van der Waals surface area contributed by atoms with Crippen LogP contribution in [-0.4, -0.2) is 50.9 Å². The highest BCUT2D eigenvalue weighted by molar-refractivity contribution is 5.33. The van der Waals surface area contributed by atoms with Gasteiger partial charge in [0.2, 0.25) is 0 Å². The maximum Gasteiger partial charge on any atom is 0.123 e. The summed E-state index contributed by atoms with van der Waals surface area (Å²) in [6.07, 6.45) is 0. The van der Waals surface area contributed by atoms with Crippen LogP contribution < -0.4 is 10.1 Å². The quantitative estimate of drug-likeness (QED) is 0.809. The fraction of sp³-hybridized carbons (Fsp3) is 0.600. The van der Waals surface area contributed by atoms with Gasteiger partial charge < -0.3 is 14.8 Å². The average Bonchev–Trinajstić information content (AvgIpc) is 2.47. The van der Waals surface area contributed by atoms with Crippen LogP contribution in [0.5, 0.6) is 5.75 Å². The Balaban J connectivity index is 1.77. The van der Waals surface area contributed by atoms with E-state index in [1.54, 1.807) is 0 Å². The number of para-hydroxylation sites is 1. The van der Waals surface area contributed by atoms with Crippen LogP contribution in [0.25, 0.3) is 0 Å². The summed E-state index contributed by atoms with van der Waals surface area (Å²) in [6.45, 7) is 9.38. The molecule has 0 radical (unpaired) electrons. The van der Waals surface area contributed by atoms with Crippen molar-refractivity contribution in [3.8, 4) is 5.75 Å². The van der Waals surface area contributed by atoms with Gasteiger partial charge in [-0.15, -0.1) is 0 Å². The summed E-state index contributed by atoms with van der Waals surface area (Å²) in [5.74, 6) is 0.997. The predicted octanol–water partition coefficient (Wildman–Crippen LogP) is 1.51. The lowest BCUT2D eigenvalue weighted by Gasteiger charge is -2.26. The summed E-state index contributed by atoms with van der Waals surface area (Å²) >= 11 is 0. The summed E-state index contributed by atoms with van der Waals surface area (Å²) in [6, 6.07) is 8.25. The highest BCUT2D eigenvalue weighted by atomic mass is 16.5. The molecular weight excluding hydrogens is 240 g/mol. The van der Waals surface area contributed by atoms with Crippen molar-refractivity contribution in [2.75, 3.05) is 46.0 Å². The van der Waals surface area contributed by atoms with E-state index >= 15 is 0 Å². The average molecular weight is 264 g/mol. The lowest BCUT2D eigenvalue weighted by molar-refractivity contribution is 0.0322. The van der Waals surface area contributed by atoms with E-state index in [0.717, 1.165) is 58.3 Å². The van der Waals surface area contributed by atoms with Crippen LogP contribution >= 0.6 is 0 Å². The van der Waals surface area contributed by atoms with Crippen LogP contribution in [0, 0.1) is 0 Å². The standard InChI is InChI=1S/C15H24N2O2/c1-2-16-13-14-5-3-4-6-15(14)19-12-9-17-7-10-18-11-8-17/h3-6,16H,2,7-13H2,1H3. The maximum atomic E-state index is 5.91. The van der Waals surface area contributed by atoms with E-state index in [-0.39, 0.29) is 0 Å². The molecule has 0 bridgehead atoms. The molecule has 0 aromatic heterocycles. The normalized spacial score (nSPS) is 16.5. The van der Waals surface area contributed by atoms with Gasteiger partial charge in [0.15, 0.2) is 0 Å². The number of rotatable bonds is 7. The Morgan fingerprint density at radius 3 is 2.84 bits per heavy atom. The van der Waals surface area contributed by atoms with Crippen molar-refractivity contribution < 1.29 is 9.47 Å². The largest absolute Gasteiger partial charge is 0.492 e. The van der Waals surface area contributed by atoms with Gasteiger partial charge in [-0.2, -0.15) is 0 Å². The molecule has 0 spiro atoms. The van der Waals surface area contributed by atoms with E-state index in [2.05, 4.69) is 29.3 Å². The molecule has 1 fully saturated rings. The lowest BCUT2D eigenvalue weighted by atomic mass is 10.2. The van der Waals surface area contributed by atoms with Gasteiger partial charge in [0, 0.05) is 31.7 Å². The van der Waals surface area contributed by atoms with E-state index in [9.17, 15) is 0 Å². The first-order valence-corrected chi connectivity index (χ1v) is 7.11. The summed E-state index contributed by atoms with van der Waals surface area (Å²) in [5.41, 5.74) is 1.23. The lowest BCUT2D eigenvalue weighted by Crippen LogP contribution is -2.38. The summed E-state index contributed by atoms with van der Waals surface area (Å²) in [5, 5.41) is 3.34. The van der Waals surface area contributed by atoms with Crippen molar-refractivity contribution in [1.29, 1.82) is 0 Å². The number of ether oxygens (including phenoxy) is 2. The Morgan fingerprint density at radius 2 is 2.05 bits per heavy atom. The highest BCUT2D eigenvalue weighted by Crippen LogP contribution is 2.17. The minimum Gasteiger partial charge on any atom is -0.492 e. The summed E-state index contributed by atoms with van der Waals surface area (Å²) in [7, 11) is 0. The van der Waals surface area contributed by atoms with Crippen molar-refractivity contribution in [2.45, 2.75) is 13.5 Å². The van der Waals surface area contributed by atoms with Crippen molar-refractivity contribution in [1.82, 2.24) is 10.2 Å². The third-order valence-electron chi connectivity index (χ3n) is 3.31.